The largest absolute Gasteiger partial charge is 0.394 e. The zero-order chi connectivity index (χ0) is 10.0. The number of aliphatic hydroxyl groups is 1. The second-order valence-corrected chi connectivity index (χ2v) is 3.29. The van der Waals surface area contributed by atoms with Crippen LogP contribution in [0, 0.1) is 12.7 Å². The van der Waals surface area contributed by atoms with E-state index in [9.17, 15) is 4.39 Å². The van der Waals surface area contributed by atoms with E-state index in [4.69, 9.17) is 22.4 Å². The van der Waals surface area contributed by atoms with Gasteiger partial charge in [-0.3, -0.25) is 0 Å². The van der Waals surface area contributed by atoms with E-state index < -0.39 is 11.9 Å². The number of rotatable bonds is 2. The Labute approximate surface area is 81.1 Å². The van der Waals surface area contributed by atoms with Crippen molar-refractivity contribution in [2.45, 2.75) is 13.0 Å². The van der Waals surface area contributed by atoms with Crippen molar-refractivity contribution in [2.24, 2.45) is 5.73 Å². The highest BCUT2D eigenvalue weighted by atomic mass is 35.5. The summed E-state index contributed by atoms with van der Waals surface area (Å²) < 4.78 is 13.4. The zero-order valence-corrected chi connectivity index (χ0v) is 7.98. The van der Waals surface area contributed by atoms with Crippen LogP contribution >= 0.6 is 11.6 Å². The van der Waals surface area contributed by atoms with Gasteiger partial charge in [0.1, 0.15) is 5.82 Å². The van der Waals surface area contributed by atoms with Gasteiger partial charge >= 0.3 is 0 Å². The molecule has 0 unspecified atom stereocenters. The molecule has 3 N–H and O–H groups in total. The van der Waals surface area contributed by atoms with Crippen LogP contribution in [0.1, 0.15) is 17.2 Å². The molecular formula is C9H11ClFNO. The van der Waals surface area contributed by atoms with Crippen LogP contribution < -0.4 is 5.73 Å². The Balaban J connectivity index is 3.25. The standard InChI is InChI=1S/C9H11ClFNO/c1-5-2-3-6(10)9(11)8(5)7(12)4-13/h2-3,7,13H,4,12H2,1H3/t7-/m1/s1. The van der Waals surface area contributed by atoms with Crippen LogP contribution in [0.4, 0.5) is 4.39 Å². The molecule has 0 saturated carbocycles. The third kappa shape index (κ3) is 1.99. The van der Waals surface area contributed by atoms with Gasteiger partial charge in [-0.1, -0.05) is 17.7 Å². The molecule has 13 heavy (non-hydrogen) atoms. The molecule has 0 saturated heterocycles. The Morgan fingerprint density at radius 3 is 2.77 bits per heavy atom. The van der Waals surface area contributed by atoms with Gasteiger partial charge in [-0.2, -0.15) is 0 Å². The molecule has 2 nitrogen and oxygen atoms in total. The molecule has 1 rings (SSSR count). The quantitative estimate of drug-likeness (QED) is 0.770. The fourth-order valence-electron chi connectivity index (χ4n) is 1.21. The lowest BCUT2D eigenvalue weighted by Gasteiger charge is -2.13. The van der Waals surface area contributed by atoms with E-state index in [0.717, 1.165) is 0 Å². The van der Waals surface area contributed by atoms with Gasteiger partial charge < -0.3 is 10.8 Å². The molecule has 0 aliphatic rings. The zero-order valence-electron chi connectivity index (χ0n) is 7.22. The summed E-state index contributed by atoms with van der Waals surface area (Å²) in [5.74, 6) is -0.539. The normalized spacial score (nSPS) is 13.0. The van der Waals surface area contributed by atoms with Crippen LogP contribution in [0.5, 0.6) is 0 Å². The van der Waals surface area contributed by atoms with Crippen molar-refractivity contribution >= 4 is 11.6 Å². The van der Waals surface area contributed by atoms with E-state index in [1.165, 1.54) is 6.07 Å². The number of halogens is 2. The lowest BCUT2D eigenvalue weighted by Crippen LogP contribution is -2.17. The van der Waals surface area contributed by atoms with Crippen molar-refractivity contribution in [3.63, 3.8) is 0 Å². The fraction of sp³-hybridized carbons (Fsp3) is 0.333. The monoisotopic (exact) mass is 203 g/mol. The molecular weight excluding hydrogens is 193 g/mol. The minimum Gasteiger partial charge on any atom is -0.394 e. The topological polar surface area (TPSA) is 46.2 Å². The van der Waals surface area contributed by atoms with Gasteiger partial charge in [0.05, 0.1) is 17.7 Å². The Hall–Kier alpha value is -0.640. The molecule has 4 heteroatoms. The third-order valence-corrected chi connectivity index (χ3v) is 2.21. The molecule has 0 amide bonds. The molecule has 0 aliphatic heterocycles. The van der Waals surface area contributed by atoms with E-state index in [-0.39, 0.29) is 17.2 Å². The van der Waals surface area contributed by atoms with Crippen molar-refractivity contribution in [3.8, 4) is 0 Å². The van der Waals surface area contributed by atoms with Gasteiger partial charge in [0, 0.05) is 5.56 Å². The highest BCUT2D eigenvalue weighted by molar-refractivity contribution is 6.30. The minimum atomic E-state index is -0.710. The van der Waals surface area contributed by atoms with Crippen molar-refractivity contribution < 1.29 is 9.50 Å². The van der Waals surface area contributed by atoms with E-state index in [1.54, 1.807) is 13.0 Å². The maximum Gasteiger partial charge on any atom is 0.146 e. The van der Waals surface area contributed by atoms with Crippen molar-refractivity contribution in [3.05, 3.63) is 34.1 Å². The summed E-state index contributed by atoms with van der Waals surface area (Å²) in [6.07, 6.45) is 0. The average molecular weight is 204 g/mol. The van der Waals surface area contributed by atoms with E-state index >= 15 is 0 Å². The Bertz CT molecular complexity index is 317. The molecule has 72 valence electrons. The smallest absolute Gasteiger partial charge is 0.146 e. The number of aryl methyl sites for hydroxylation is 1. The Kier molecular flexibility index (Phi) is 3.25. The summed E-state index contributed by atoms with van der Waals surface area (Å²) in [4.78, 5) is 0. The Morgan fingerprint density at radius 1 is 1.62 bits per heavy atom. The molecule has 0 spiro atoms. The summed E-state index contributed by atoms with van der Waals surface area (Å²) in [5.41, 5.74) is 6.50. The molecule has 0 aliphatic carbocycles. The van der Waals surface area contributed by atoms with E-state index in [1.807, 2.05) is 0 Å². The highest BCUT2D eigenvalue weighted by Crippen LogP contribution is 2.25. The van der Waals surface area contributed by atoms with Crippen LogP contribution in [0.25, 0.3) is 0 Å². The molecule has 0 heterocycles. The molecule has 0 radical (unpaired) electrons. The predicted octanol–water partition coefficient (Wildman–Crippen LogP) is 1.78. The molecule has 0 bridgehead atoms. The first-order chi connectivity index (χ1) is 6.07. The number of benzene rings is 1. The number of nitrogens with two attached hydrogens (primary N) is 1. The second kappa shape index (κ2) is 4.05. The summed E-state index contributed by atoms with van der Waals surface area (Å²) in [7, 11) is 0. The summed E-state index contributed by atoms with van der Waals surface area (Å²) in [5, 5.41) is 8.83. The van der Waals surface area contributed by atoms with Crippen molar-refractivity contribution in [1.29, 1.82) is 0 Å². The van der Waals surface area contributed by atoms with Crippen LogP contribution in [0.3, 0.4) is 0 Å². The maximum atomic E-state index is 13.4. The third-order valence-electron chi connectivity index (χ3n) is 1.92. The predicted molar refractivity (Wildman–Crippen MR) is 50.2 cm³/mol. The van der Waals surface area contributed by atoms with Gasteiger partial charge in [0.25, 0.3) is 0 Å². The first-order valence-electron chi connectivity index (χ1n) is 3.89. The van der Waals surface area contributed by atoms with Crippen molar-refractivity contribution in [1.82, 2.24) is 0 Å². The van der Waals surface area contributed by atoms with Crippen LogP contribution in [0.15, 0.2) is 12.1 Å². The van der Waals surface area contributed by atoms with Gasteiger partial charge in [0.2, 0.25) is 0 Å². The van der Waals surface area contributed by atoms with Crippen molar-refractivity contribution in [2.75, 3.05) is 6.61 Å². The SMILES string of the molecule is Cc1ccc(Cl)c(F)c1[C@H](N)CO. The van der Waals surface area contributed by atoms with Crippen LogP contribution in [-0.4, -0.2) is 11.7 Å². The fourth-order valence-corrected chi connectivity index (χ4v) is 1.37. The summed E-state index contributed by atoms with van der Waals surface area (Å²) in [6.45, 7) is 1.43. The van der Waals surface area contributed by atoms with Crippen LogP contribution in [-0.2, 0) is 0 Å². The van der Waals surface area contributed by atoms with Gasteiger partial charge in [-0.15, -0.1) is 0 Å². The van der Waals surface area contributed by atoms with E-state index in [0.29, 0.717) is 5.56 Å². The first kappa shape index (κ1) is 10.4. The van der Waals surface area contributed by atoms with Gasteiger partial charge in [-0.25, -0.2) is 4.39 Å². The Morgan fingerprint density at radius 2 is 2.23 bits per heavy atom. The molecule has 1 atom stereocenters. The minimum absolute atomic E-state index is 0.0319. The average Bonchev–Trinajstić information content (AvgIpc) is 2.12. The highest BCUT2D eigenvalue weighted by Gasteiger charge is 2.15. The molecule has 1 aromatic rings. The van der Waals surface area contributed by atoms with Crippen LogP contribution in [0.2, 0.25) is 5.02 Å². The summed E-state index contributed by atoms with van der Waals surface area (Å²) >= 11 is 5.57. The lowest BCUT2D eigenvalue weighted by atomic mass is 10.0. The lowest BCUT2D eigenvalue weighted by molar-refractivity contribution is 0.265. The molecule has 0 fully saturated rings. The summed E-state index contributed by atoms with van der Waals surface area (Å²) in [6, 6.07) is 2.44. The van der Waals surface area contributed by atoms with Gasteiger partial charge in [-0.05, 0) is 18.6 Å². The number of hydrogen-bond acceptors (Lipinski definition) is 2. The van der Waals surface area contributed by atoms with E-state index in [2.05, 4.69) is 0 Å². The molecule has 0 aromatic heterocycles. The number of aliphatic hydroxyl groups excluding tert-OH is 1. The second-order valence-electron chi connectivity index (χ2n) is 2.88. The number of hydrogen-bond donors (Lipinski definition) is 2. The molecule has 1 aromatic carbocycles. The van der Waals surface area contributed by atoms with Gasteiger partial charge in [0.15, 0.2) is 0 Å². The first-order valence-corrected chi connectivity index (χ1v) is 4.26. The maximum absolute atomic E-state index is 13.4.